The van der Waals surface area contributed by atoms with Crippen LogP contribution in [0.2, 0.25) is 0 Å². The number of piperidine rings is 1. The number of likely N-dealkylation sites (tertiary alicyclic amines) is 1. The van der Waals surface area contributed by atoms with E-state index in [-0.39, 0.29) is 11.8 Å². The van der Waals surface area contributed by atoms with Gasteiger partial charge in [0, 0.05) is 22.6 Å². The first-order valence-corrected chi connectivity index (χ1v) is 10.4. The molecule has 7 heteroatoms. The van der Waals surface area contributed by atoms with Crippen LogP contribution in [-0.2, 0) is 9.31 Å². The molecule has 27 heavy (non-hydrogen) atoms. The van der Waals surface area contributed by atoms with Crippen molar-refractivity contribution in [3.63, 3.8) is 0 Å². The zero-order valence-corrected chi connectivity index (χ0v) is 18.2. The van der Waals surface area contributed by atoms with Gasteiger partial charge in [-0.25, -0.2) is 4.39 Å². The maximum Gasteiger partial charge on any atom is 0.525 e. The Morgan fingerprint density at radius 2 is 1.67 bits per heavy atom. The quantitative estimate of drug-likeness (QED) is 0.716. The van der Waals surface area contributed by atoms with Gasteiger partial charge in [0.1, 0.15) is 5.73 Å². The summed E-state index contributed by atoms with van der Waals surface area (Å²) in [6.07, 6.45) is 1.87. The first kappa shape index (κ1) is 21.0. The third kappa shape index (κ3) is 4.65. The summed E-state index contributed by atoms with van der Waals surface area (Å²) in [6.45, 7) is 10.0. The zero-order chi connectivity index (χ0) is 19.8. The second kappa shape index (κ2) is 7.95. The summed E-state index contributed by atoms with van der Waals surface area (Å²) in [5, 5.41) is 0. The van der Waals surface area contributed by atoms with Gasteiger partial charge in [-0.3, -0.25) is 4.90 Å². The molecule has 2 saturated heterocycles. The highest BCUT2D eigenvalue weighted by Gasteiger charge is 2.53. The lowest BCUT2D eigenvalue weighted by Gasteiger charge is -2.32. The SMILES string of the molecule is CC1(C)OB(C(F)=C(CN2CCC(N)CC2)c2ccc(Br)cc2)OC1(C)C. The highest BCUT2D eigenvalue weighted by atomic mass is 79.9. The van der Waals surface area contributed by atoms with Crippen LogP contribution in [0, 0.1) is 0 Å². The molecule has 2 aliphatic rings. The van der Waals surface area contributed by atoms with Crippen LogP contribution in [0.5, 0.6) is 0 Å². The largest absolute Gasteiger partial charge is 0.525 e. The zero-order valence-electron chi connectivity index (χ0n) is 16.6. The predicted molar refractivity (Wildman–Crippen MR) is 112 cm³/mol. The van der Waals surface area contributed by atoms with E-state index < -0.39 is 18.3 Å². The standard InChI is InChI=1S/C20H29BBrFN2O2/c1-19(2)20(3,4)27-21(26-19)18(23)17(14-5-7-15(22)8-6-14)13-25-11-9-16(24)10-12-25/h5-8,16H,9-13,24H2,1-4H3. The van der Waals surface area contributed by atoms with E-state index in [2.05, 4.69) is 20.8 Å². The fourth-order valence-electron chi connectivity index (χ4n) is 3.38. The molecule has 0 saturated carbocycles. The molecule has 2 aliphatic heterocycles. The van der Waals surface area contributed by atoms with Crippen LogP contribution in [0.3, 0.4) is 0 Å². The van der Waals surface area contributed by atoms with E-state index in [1.54, 1.807) is 0 Å². The third-order valence-electron chi connectivity index (χ3n) is 5.96. The molecule has 0 atom stereocenters. The molecule has 2 fully saturated rings. The lowest BCUT2D eigenvalue weighted by atomic mass is 9.82. The van der Waals surface area contributed by atoms with Crippen molar-refractivity contribution in [1.29, 1.82) is 0 Å². The maximum absolute atomic E-state index is 15.6. The molecule has 0 amide bonds. The summed E-state index contributed by atoms with van der Waals surface area (Å²) in [4.78, 5) is 2.26. The van der Waals surface area contributed by atoms with Gasteiger partial charge in [0.2, 0.25) is 0 Å². The number of rotatable bonds is 4. The van der Waals surface area contributed by atoms with Crippen LogP contribution in [0.15, 0.2) is 34.5 Å². The van der Waals surface area contributed by atoms with Gasteiger partial charge in [0.25, 0.3) is 0 Å². The van der Waals surface area contributed by atoms with Crippen LogP contribution < -0.4 is 5.73 Å². The summed E-state index contributed by atoms with van der Waals surface area (Å²) in [5.41, 5.74) is 6.00. The molecule has 1 aromatic carbocycles. The van der Waals surface area contributed by atoms with E-state index in [1.165, 1.54) is 0 Å². The second-order valence-electron chi connectivity index (χ2n) is 8.54. The van der Waals surface area contributed by atoms with Gasteiger partial charge in [-0.15, -0.1) is 0 Å². The summed E-state index contributed by atoms with van der Waals surface area (Å²) in [7, 11) is -0.985. The fraction of sp³-hybridized carbons (Fsp3) is 0.600. The Hall–Kier alpha value is -0.725. The maximum atomic E-state index is 15.6. The molecule has 0 bridgehead atoms. The number of nitrogens with zero attached hydrogens (tertiary/aromatic N) is 1. The first-order valence-electron chi connectivity index (χ1n) is 9.57. The van der Waals surface area contributed by atoms with Gasteiger partial charge < -0.3 is 15.0 Å². The number of nitrogens with two attached hydrogens (primary N) is 1. The number of benzene rings is 1. The summed E-state index contributed by atoms with van der Waals surface area (Å²) < 4.78 is 28.5. The molecule has 148 valence electrons. The molecule has 0 radical (unpaired) electrons. The Morgan fingerprint density at radius 3 is 2.19 bits per heavy atom. The van der Waals surface area contributed by atoms with E-state index in [9.17, 15) is 0 Å². The molecule has 2 N–H and O–H groups in total. The van der Waals surface area contributed by atoms with E-state index in [0.29, 0.717) is 12.1 Å². The van der Waals surface area contributed by atoms with Crippen molar-refractivity contribution >= 4 is 28.6 Å². The average molecular weight is 439 g/mol. The van der Waals surface area contributed by atoms with Crippen molar-refractivity contribution in [2.24, 2.45) is 5.73 Å². The summed E-state index contributed by atoms with van der Waals surface area (Å²) in [6, 6.07) is 7.96. The minimum Gasteiger partial charge on any atom is -0.398 e. The lowest BCUT2D eigenvalue weighted by molar-refractivity contribution is 0.00578. The van der Waals surface area contributed by atoms with Gasteiger partial charge in [0.15, 0.2) is 0 Å². The van der Waals surface area contributed by atoms with Crippen molar-refractivity contribution in [2.45, 2.75) is 57.8 Å². The Labute approximate surface area is 170 Å². The van der Waals surface area contributed by atoms with E-state index in [0.717, 1.165) is 36.0 Å². The monoisotopic (exact) mass is 438 g/mol. The third-order valence-corrected chi connectivity index (χ3v) is 6.48. The van der Waals surface area contributed by atoms with E-state index in [4.69, 9.17) is 15.0 Å². The van der Waals surface area contributed by atoms with Crippen molar-refractivity contribution < 1.29 is 13.7 Å². The molecular weight excluding hydrogens is 410 g/mol. The molecule has 0 unspecified atom stereocenters. The van der Waals surface area contributed by atoms with Crippen molar-refractivity contribution in [3.05, 3.63) is 40.0 Å². The smallest absolute Gasteiger partial charge is 0.398 e. The summed E-state index contributed by atoms with van der Waals surface area (Å²) in [5.74, 6) is 0. The van der Waals surface area contributed by atoms with Gasteiger partial charge in [0.05, 0.1) is 11.2 Å². The molecule has 1 aromatic rings. The van der Waals surface area contributed by atoms with Gasteiger partial charge in [-0.05, 0) is 71.3 Å². The van der Waals surface area contributed by atoms with Crippen LogP contribution in [0.1, 0.15) is 46.1 Å². The van der Waals surface area contributed by atoms with E-state index >= 15 is 4.39 Å². The Bertz CT molecular complexity index is 684. The fourth-order valence-corrected chi connectivity index (χ4v) is 3.64. The highest BCUT2D eigenvalue weighted by Crippen LogP contribution is 2.40. The minimum absolute atomic E-state index is 0.245. The van der Waals surface area contributed by atoms with Crippen molar-refractivity contribution in [1.82, 2.24) is 4.90 Å². The highest BCUT2D eigenvalue weighted by molar-refractivity contribution is 9.10. The van der Waals surface area contributed by atoms with Crippen molar-refractivity contribution in [3.8, 4) is 0 Å². The van der Waals surface area contributed by atoms with Crippen LogP contribution >= 0.6 is 15.9 Å². The molecule has 2 heterocycles. The number of hydrogen-bond acceptors (Lipinski definition) is 4. The Morgan fingerprint density at radius 1 is 1.15 bits per heavy atom. The Balaban J connectivity index is 1.91. The van der Waals surface area contributed by atoms with Gasteiger partial charge in [-0.2, -0.15) is 0 Å². The second-order valence-corrected chi connectivity index (χ2v) is 9.45. The average Bonchev–Trinajstić information content (AvgIpc) is 2.82. The molecule has 0 spiro atoms. The van der Waals surface area contributed by atoms with Gasteiger partial charge >= 0.3 is 7.12 Å². The van der Waals surface area contributed by atoms with Crippen LogP contribution in [-0.4, -0.2) is 48.9 Å². The van der Waals surface area contributed by atoms with Crippen molar-refractivity contribution in [2.75, 3.05) is 19.6 Å². The topological polar surface area (TPSA) is 47.7 Å². The number of halogens is 2. The van der Waals surface area contributed by atoms with E-state index in [1.807, 2.05) is 52.0 Å². The van der Waals surface area contributed by atoms with Gasteiger partial charge in [-0.1, -0.05) is 28.1 Å². The molecular formula is C20H29BBrFN2O2. The van der Waals surface area contributed by atoms with Crippen LogP contribution in [0.25, 0.3) is 5.57 Å². The predicted octanol–water partition coefficient (Wildman–Crippen LogP) is 4.18. The first-order chi connectivity index (χ1) is 12.6. The molecule has 0 aliphatic carbocycles. The molecule has 0 aromatic heterocycles. The lowest BCUT2D eigenvalue weighted by Crippen LogP contribution is -2.41. The molecule has 4 nitrogen and oxygen atoms in total. The Kier molecular flexibility index (Phi) is 6.18. The normalized spacial score (nSPS) is 24.2. The molecule has 3 rings (SSSR count). The number of hydrogen-bond donors (Lipinski definition) is 1. The van der Waals surface area contributed by atoms with Crippen LogP contribution in [0.4, 0.5) is 4.39 Å². The summed E-state index contributed by atoms with van der Waals surface area (Å²) >= 11 is 3.45. The minimum atomic E-state index is -0.985.